The molecule has 106 valence electrons. The van der Waals surface area contributed by atoms with E-state index in [-0.39, 0.29) is 12.5 Å². The summed E-state index contributed by atoms with van der Waals surface area (Å²) < 4.78 is 0. The van der Waals surface area contributed by atoms with E-state index in [1.807, 2.05) is 6.92 Å². The number of carbonyl (C=O) groups is 1. The summed E-state index contributed by atoms with van der Waals surface area (Å²) in [6.07, 6.45) is 0.869. The first-order valence-corrected chi connectivity index (χ1v) is 7.79. The van der Waals surface area contributed by atoms with Gasteiger partial charge in [-0.05, 0) is 24.6 Å². The maximum Gasteiger partial charge on any atom is 0.233 e. The van der Waals surface area contributed by atoms with Crippen LogP contribution in [0.3, 0.4) is 0 Å². The number of hydrogen-bond acceptors (Lipinski definition) is 3. The maximum atomic E-state index is 12.0. The Labute approximate surface area is 127 Å². The molecule has 0 fully saturated rings. The van der Waals surface area contributed by atoms with Gasteiger partial charge in [0.15, 0.2) is 0 Å². The van der Waals surface area contributed by atoms with Crippen LogP contribution >= 0.6 is 35.0 Å². The van der Waals surface area contributed by atoms with Crippen molar-refractivity contribution in [3.05, 3.63) is 28.2 Å². The summed E-state index contributed by atoms with van der Waals surface area (Å²) in [5.41, 5.74) is 0. The van der Waals surface area contributed by atoms with Crippen molar-refractivity contribution in [2.45, 2.75) is 18.2 Å². The standard InChI is InChI=1S/C13H17Cl2NO2S/c1-2-5-16(6-7-17)13(18)9-19-12-8-10(14)3-4-11(12)15/h3-4,8,17H,2,5-7,9H2,1H3. The van der Waals surface area contributed by atoms with Crippen LogP contribution in [-0.2, 0) is 4.79 Å². The summed E-state index contributed by atoms with van der Waals surface area (Å²) in [6.45, 7) is 3.01. The van der Waals surface area contributed by atoms with Gasteiger partial charge in [-0.2, -0.15) is 0 Å². The lowest BCUT2D eigenvalue weighted by atomic mass is 10.4. The molecule has 0 aliphatic heterocycles. The largest absolute Gasteiger partial charge is 0.395 e. The molecule has 0 aliphatic carbocycles. The van der Waals surface area contributed by atoms with E-state index in [1.54, 1.807) is 23.1 Å². The fourth-order valence-corrected chi connectivity index (χ4v) is 2.97. The van der Waals surface area contributed by atoms with Crippen molar-refractivity contribution in [3.63, 3.8) is 0 Å². The molecular formula is C13H17Cl2NO2S. The molecule has 0 aromatic heterocycles. The SMILES string of the molecule is CCCN(CCO)C(=O)CSc1cc(Cl)ccc1Cl. The van der Waals surface area contributed by atoms with Crippen molar-refractivity contribution < 1.29 is 9.90 Å². The molecule has 6 heteroatoms. The highest BCUT2D eigenvalue weighted by Gasteiger charge is 2.13. The van der Waals surface area contributed by atoms with Crippen molar-refractivity contribution in [2.24, 2.45) is 0 Å². The minimum absolute atomic E-state index is 0.00283. The van der Waals surface area contributed by atoms with Crippen LogP contribution < -0.4 is 0 Å². The zero-order valence-corrected chi connectivity index (χ0v) is 13.1. The van der Waals surface area contributed by atoms with Crippen LogP contribution in [0.1, 0.15) is 13.3 Å². The lowest BCUT2D eigenvalue weighted by Gasteiger charge is -2.20. The van der Waals surface area contributed by atoms with Crippen LogP contribution in [0, 0.1) is 0 Å². The quantitative estimate of drug-likeness (QED) is 0.783. The molecule has 1 rings (SSSR count). The number of benzene rings is 1. The van der Waals surface area contributed by atoms with E-state index in [1.165, 1.54) is 11.8 Å². The molecule has 0 atom stereocenters. The summed E-state index contributed by atoms with van der Waals surface area (Å²) in [7, 11) is 0. The van der Waals surface area contributed by atoms with Crippen molar-refractivity contribution >= 4 is 40.9 Å². The molecule has 1 N–H and O–H groups in total. The third kappa shape index (κ3) is 5.61. The Morgan fingerprint density at radius 2 is 2.11 bits per heavy atom. The number of carbonyl (C=O) groups excluding carboxylic acids is 1. The fourth-order valence-electron chi connectivity index (χ4n) is 1.57. The molecule has 0 unspecified atom stereocenters. The topological polar surface area (TPSA) is 40.5 Å². The fraction of sp³-hybridized carbons (Fsp3) is 0.462. The summed E-state index contributed by atoms with van der Waals surface area (Å²) in [4.78, 5) is 14.5. The van der Waals surface area contributed by atoms with Gasteiger partial charge in [-0.15, -0.1) is 11.8 Å². The second-order valence-electron chi connectivity index (χ2n) is 3.97. The highest BCUT2D eigenvalue weighted by Crippen LogP contribution is 2.29. The van der Waals surface area contributed by atoms with Crippen LogP contribution in [0.15, 0.2) is 23.1 Å². The number of hydrogen-bond donors (Lipinski definition) is 1. The summed E-state index contributed by atoms with van der Waals surface area (Å²) in [5, 5.41) is 10.1. The lowest BCUT2D eigenvalue weighted by molar-refractivity contribution is -0.128. The van der Waals surface area contributed by atoms with E-state index in [9.17, 15) is 4.79 Å². The molecule has 0 bridgehead atoms. The van der Waals surface area contributed by atoms with E-state index < -0.39 is 0 Å². The Bertz CT molecular complexity index is 423. The molecule has 0 spiro atoms. The molecule has 0 saturated carbocycles. The average molecular weight is 322 g/mol. The van der Waals surface area contributed by atoms with Gasteiger partial charge in [0, 0.05) is 23.0 Å². The van der Waals surface area contributed by atoms with E-state index in [0.29, 0.717) is 28.9 Å². The van der Waals surface area contributed by atoms with Crippen LogP contribution in [0.25, 0.3) is 0 Å². The van der Waals surface area contributed by atoms with E-state index in [4.69, 9.17) is 28.3 Å². The summed E-state index contributed by atoms with van der Waals surface area (Å²) in [5.74, 6) is 0.289. The van der Waals surface area contributed by atoms with Gasteiger partial charge in [0.1, 0.15) is 0 Å². The number of nitrogens with zero attached hydrogens (tertiary/aromatic N) is 1. The molecule has 3 nitrogen and oxygen atoms in total. The molecule has 1 amide bonds. The van der Waals surface area contributed by atoms with Crippen molar-refractivity contribution in [1.82, 2.24) is 4.90 Å². The van der Waals surface area contributed by atoms with E-state index in [2.05, 4.69) is 0 Å². The monoisotopic (exact) mass is 321 g/mol. The number of halogens is 2. The maximum absolute atomic E-state index is 12.0. The molecule has 0 radical (unpaired) electrons. The van der Waals surface area contributed by atoms with Gasteiger partial charge in [0.2, 0.25) is 5.91 Å². The van der Waals surface area contributed by atoms with Gasteiger partial charge < -0.3 is 10.0 Å². The predicted molar refractivity (Wildman–Crippen MR) is 81.1 cm³/mol. The third-order valence-corrected chi connectivity index (χ3v) is 4.18. The molecule has 1 aromatic rings. The van der Waals surface area contributed by atoms with Crippen molar-refractivity contribution in [3.8, 4) is 0 Å². The molecule has 0 aliphatic rings. The zero-order chi connectivity index (χ0) is 14.3. The van der Waals surface area contributed by atoms with Gasteiger partial charge in [-0.25, -0.2) is 0 Å². The number of aliphatic hydroxyl groups excluding tert-OH is 1. The van der Waals surface area contributed by atoms with Gasteiger partial charge in [-0.1, -0.05) is 30.1 Å². The minimum Gasteiger partial charge on any atom is -0.395 e. The van der Waals surface area contributed by atoms with Crippen LogP contribution in [0.2, 0.25) is 10.0 Å². The van der Waals surface area contributed by atoms with Crippen LogP contribution in [0.4, 0.5) is 0 Å². The Balaban J connectivity index is 2.59. The Hall–Kier alpha value is -0.420. The van der Waals surface area contributed by atoms with E-state index >= 15 is 0 Å². The van der Waals surface area contributed by atoms with Gasteiger partial charge in [-0.3, -0.25) is 4.79 Å². The third-order valence-electron chi connectivity index (χ3n) is 2.46. The highest BCUT2D eigenvalue weighted by atomic mass is 35.5. The molecule has 19 heavy (non-hydrogen) atoms. The van der Waals surface area contributed by atoms with Gasteiger partial charge in [0.05, 0.1) is 17.4 Å². The normalized spacial score (nSPS) is 10.5. The Morgan fingerprint density at radius 3 is 2.74 bits per heavy atom. The van der Waals surface area contributed by atoms with Gasteiger partial charge >= 0.3 is 0 Å². The van der Waals surface area contributed by atoms with Crippen LogP contribution in [-0.4, -0.2) is 41.4 Å². The summed E-state index contributed by atoms with van der Waals surface area (Å²) in [6, 6.07) is 5.18. The highest BCUT2D eigenvalue weighted by molar-refractivity contribution is 8.00. The number of amides is 1. The number of aliphatic hydroxyl groups is 1. The average Bonchev–Trinajstić information content (AvgIpc) is 2.39. The van der Waals surface area contributed by atoms with Crippen LogP contribution in [0.5, 0.6) is 0 Å². The van der Waals surface area contributed by atoms with Gasteiger partial charge in [0.25, 0.3) is 0 Å². The summed E-state index contributed by atoms with van der Waals surface area (Å²) >= 11 is 13.3. The first kappa shape index (κ1) is 16.6. The molecule has 1 aromatic carbocycles. The smallest absolute Gasteiger partial charge is 0.233 e. The van der Waals surface area contributed by atoms with Crippen molar-refractivity contribution in [2.75, 3.05) is 25.4 Å². The molecule has 0 saturated heterocycles. The molecular weight excluding hydrogens is 305 g/mol. The van der Waals surface area contributed by atoms with E-state index in [0.717, 1.165) is 11.3 Å². The second kappa shape index (κ2) is 8.69. The first-order chi connectivity index (χ1) is 9.08. The number of rotatable bonds is 7. The first-order valence-electron chi connectivity index (χ1n) is 6.05. The lowest BCUT2D eigenvalue weighted by Crippen LogP contribution is -2.35. The second-order valence-corrected chi connectivity index (χ2v) is 5.83. The number of thioether (sulfide) groups is 1. The Kier molecular flexibility index (Phi) is 7.61. The van der Waals surface area contributed by atoms with Crippen molar-refractivity contribution in [1.29, 1.82) is 0 Å². The zero-order valence-electron chi connectivity index (χ0n) is 10.7. The Morgan fingerprint density at radius 1 is 1.37 bits per heavy atom. The predicted octanol–water partition coefficient (Wildman–Crippen LogP) is 3.32. The minimum atomic E-state index is -0.0195. The molecule has 0 heterocycles.